The number of piperidine rings is 2. The molecule has 2 saturated heterocycles. The van der Waals surface area contributed by atoms with E-state index < -0.39 is 0 Å². The topological polar surface area (TPSA) is 79.4 Å². The van der Waals surface area contributed by atoms with Gasteiger partial charge in [-0.15, -0.1) is 0 Å². The molecule has 2 aliphatic heterocycles. The lowest BCUT2D eigenvalue weighted by Crippen LogP contribution is -2.39. The number of aromatic nitrogens is 1. The van der Waals surface area contributed by atoms with Crippen molar-refractivity contribution in [3.05, 3.63) is 23.9 Å². The van der Waals surface area contributed by atoms with E-state index in [1.165, 1.54) is 0 Å². The lowest BCUT2D eigenvalue weighted by atomic mass is 9.92. The van der Waals surface area contributed by atoms with Gasteiger partial charge in [0.1, 0.15) is 12.1 Å². The Morgan fingerprint density at radius 3 is 2.59 bits per heavy atom. The van der Waals surface area contributed by atoms with Gasteiger partial charge in [0.05, 0.1) is 5.92 Å². The summed E-state index contributed by atoms with van der Waals surface area (Å²) in [5.74, 6) is 1.41. The Hall–Kier alpha value is -2.24. The molecular formula is C16H17N3O3. The van der Waals surface area contributed by atoms with Crippen molar-refractivity contribution in [1.82, 2.24) is 10.3 Å². The van der Waals surface area contributed by atoms with Gasteiger partial charge in [-0.2, -0.15) is 0 Å². The summed E-state index contributed by atoms with van der Waals surface area (Å²) in [4.78, 5) is 40.5. The fourth-order valence-corrected chi connectivity index (χ4v) is 3.76. The summed E-state index contributed by atoms with van der Waals surface area (Å²) in [6.07, 6.45) is 3.73. The molecular weight excluding hydrogens is 282 g/mol. The van der Waals surface area contributed by atoms with Gasteiger partial charge in [0.15, 0.2) is 0 Å². The largest absolute Gasteiger partial charge is 0.356 e. The van der Waals surface area contributed by atoms with Crippen LogP contribution in [0, 0.1) is 17.8 Å². The van der Waals surface area contributed by atoms with Crippen LogP contribution in [-0.4, -0.2) is 36.2 Å². The van der Waals surface area contributed by atoms with Gasteiger partial charge in [0.2, 0.25) is 11.8 Å². The molecule has 6 nitrogen and oxygen atoms in total. The van der Waals surface area contributed by atoms with Crippen LogP contribution in [-0.2, 0) is 14.4 Å². The number of nitrogens with zero attached hydrogens (tertiary/aromatic N) is 2. The molecule has 1 aliphatic carbocycles. The molecule has 0 bridgehead atoms. The second-order valence-electron chi connectivity index (χ2n) is 6.40. The molecule has 1 saturated carbocycles. The van der Waals surface area contributed by atoms with Crippen molar-refractivity contribution in [2.45, 2.75) is 18.8 Å². The highest BCUT2D eigenvalue weighted by Crippen LogP contribution is 2.51. The number of hydrogen-bond acceptors (Lipinski definition) is 5. The van der Waals surface area contributed by atoms with Gasteiger partial charge in [0, 0.05) is 31.6 Å². The van der Waals surface area contributed by atoms with E-state index in [2.05, 4.69) is 15.2 Å². The van der Waals surface area contributed by atoms with E-state index in [0.29, 0.717) is 24.7 Å². The molecule has 114 valence electrons. The Bertz CT molecular complexity index is 631. The van der Waals surface area contributed by atoms with Gasteiger partial charge in [-0.05, 0) is 29.9 Å². The van der Waals surface area contributed by atoms with Gasteiger partial charge >= 0.3 is 0 Å². The lowest BCUT2D eigenvalue weighted by molar-refractivity contribution is -0.134. The minimum Gasteiger partial charge on any atom is -0.356 e. The van der Waals surface area contributed by atoms with E-state index >= 15 is 0 Å². The molecule has 1 N–H and O–H groups in total. The molecule has 0 radical (unpaired) electrons. The molecule has 3 heterocycles. The summed E-state index contributed by atoms with van der Waals surface area (Å²) in [6.45, 7) is 1.78. The number of pyridine rings is 1. The number of aldehydes is 1. The molecule has 3 atom stereocenters. The SMILES string of the molecule is O=CC1C2CN(c3ccc([C@H]4CCC(=O)NC4=O)cn3)CC12. The molecule has 3 aliphatic rings. The summed E-state index contributed by atoms with van der Waals surface area (Å²) in [5.41, 5.74) is 0.851. The number of imide groups is 1. The van der Waals surface area contributed by atoms with E-state index in [0.717, 1.165) is 30.8 Å². The van der Waals surface area contributed by atoms with Crippen molar-refractivity contribution in [2.24, 2.45) is 17.8 Å². The maximum atomic E-state index is 11.9. The summed E-state index contributed by atoms with van der Waals surface area (Å²) in [7, 11) is 0. The summed E-state index contributed by atoms with van der Waals surface area (Å²) in [6, 6.07) is 3.85. The van der Waals surface area contributed by atoms with Crippen LogP contribution in [0.3, 0.4) is 0 Å². The molecule has 2 unspecified atom stereocenters. The van der Waals surface area contributed by atoms with E-state index in [1.54, 1.807) is 6.20 Å². The second kappa shape index (κ2) is 4.90. The van der Waals surface area contributed by atoms with Crippen molar-refractivity contribution >= 4 is 23.9 Å². The van der Waals surface area contributed by atoms with E-state index in [-0.39, 0.29) is 23.7 Å². The number of carbonyl (C=O) groups excluding carboxylic acids is 3. The average Bonchev–Trinajstić information content (AvgIpc) is 2.99. The van der Waals surface area contributed by atoms with Crippen molar-refractivity contribution in [1.29, 1.82) is 0 Å². The van der Waals surface area contributed by atoms with Gasteiger partial charge in [-0.1, -0.05) is 6.07 Å². The molecule has 6 heteroatoms. The maximum Gasteiger partial charge on any atom is 0.234 e. The third-order valence-corrected chi connectivity index (χ3v) is 5.15. The van der Waals surface area contributed by atoms with Crippen LogP contribution < -0.4 is 10.2 Å². The molecule has 0 aromatic carbocycles. The Labute approximate surface area is 127 Å². The molecule has 22 heavy (non-hydrogen) atoms. The number of hydrogen-bond donors (Lipinski definition) is 1. The number of carbonyl (C=O) groups is 3. The highest BCUT2D eigenvalue weighted by Gasteiger charge is 2.55. The zero-order valence-electron chi connectivity index (χ0n) is 12.1. The van der Waals surface area contributed by atoms with Crippen LogP contribution in [0.15, 0.2) is 18.3 Å². The number of anilines is 1. The number of nitrogens with one attached hydrogen (secondary N) is 1. The molecule has 1 aromatic rings. The first-order chi connectivity index (χ1) is 10.7. The average molecular weight is 299 g/mol. The number of amides is 2. The van der Waals surface area contributed by atoms with Crippen molar-refractivity contribution in [3.8, 4) is 0 Å². The molecule has 2 amide bonds. The van der Waals surface area contributed by atoms with E-state index in [4.69, 9.17) is 0 Å². The second-order valence-corrected chi connectivity index (χ2v) is 6.40. The highest BCUT2D eigenvalue weighted by molar-refractivity contribution is 6.00. The number of rotatable bonds is 3. The minimum atomic E-state index is -0.286. The van der Waals surface area contributed by atoms with Gasteiger partial charge in [-0.3, -0.25) is 14.9 Å². The first-order valence-corrected chi connectivity index (χ1v) is 7.67. The predicted octanol–water partition coefficient (Wildman–Crippen LogP) is 0.483. The van der Waals surface area contributed by atoms with Gasteiger partial charge in [0.25, 0.3) is 0 Å². The monoisotopic (exact) mass is 299 g/mol. The van der Waals surface area contributed by atoms with Crippen LogP contribution in [0.25, 0.3) is 0 Å². The van der Waals surface area contributed by atoms with Crippen LogP contribution in [0.5, 0.6) is 0 Å². The van der Waals surface area contributed by atoms with Crippen molar-refractivity contribution < 1.29 is 14.4 Å². The fraction of sp³-hybridized carbons (Fsp3) is 0.500. The van der Waals surface area contributed by atoms with Crippen molar-refractivity contribution in [2.75, 3.05) is 18.0 Å². The first kappa shape index (κ1) is 13.4. The van der Waals surface area contributed by atoms with E-state index in [1.807, 2.05) is 12.1 Å². The lowest BCUT2D eigenvalue weighted by Gasteiger charge is -2.23. The zero-order valence-corrected chi connectivity index (χ0v) is 12.1. The van der Waals surface area contributed by atoms with E-state index in [9.17, 15) is 14.4 Å². The summed E-state index contributed by atoms with van der Waals surface area (Å²) < 4.78 is 0. The third kappa shape index (κ3) is 2.10. The summed E-state index contributed by atoms with van der Waals surface area (Å²) >= 11 is 0. The van der Waals surface area contributed by atoms with Crippen LogP contribution in [0.1, 0.15) is 24.3 Å². The summed E-state index contributed by atoms with van der Waals surface area (Å²) in [5, 5.41) is 2.37. The zero-order chi connectivity index (χ0) is 15.3. The fourth-order valence-electron chi connectivity index (χ4n) is 3.76. The Morgan fingerprint density at radius 2 is 2.00 bits per heavy atom. The van der Waals surface area contributed by atoms with Crippen LogP contribution in [0.2, 0.25) is 0 Å². The normalized spacial score (nSPS) is 33.4. The predicted molar refractivity (Wildman–Crippen MR) is 78.1 cm³/mol. The molecule has 0 spiro atoms. The highest BCUT2D eigenvalue weighted by atomic mass is 16.2. The Morgan fingerprint density at radius 1 is 1.23 bits per heavy atom. The number of fused-ring (bicyclic) bond motifs is 1. The maximum absolute atomic E-state index is 11.9. The standard InChI is InChI=1S/C16H17N3O3/c20-8-13-11-6-19(7-12(11)13)14-3-1-9(5-17-14)10-2-4-15(21)18-16(10)22/h1,3,5,8,10-13H,2,4,6-7H2,(H,18,21,22)/t10-,11?,12?,13?/m1/s1. The Balaban J connectivity index is 1.44. The first-order valence-electron chi connectivity index (χ1n) is 7.67. The quantitative estimate of drug-likeness (QED) is 0.649. The van der Waals surface area contributed by atoms with Crippen LogP contribution >= 0.6 is 0 Å². The Kier molecular flexibility index (Phi) is 2.99. The molecule has 1 aromatic heterocycles. The smallest absolute Gasteiger partial charge is 0.234 e. The third-order valence-electron chi connectivity index (χ3n) is 5.15. The van der Waals surface area contributed by atoms with Crippen LogP contribution in [0.4, 0.5) is 5.82 Å². The van der Waals surface area contributed by atoms with Gasteiger partial charge in [-0.25, -0.2) is 4.98 Å². The van der Waals surface area contributed by atoms with Gasteiger partial charge < -0.3 is 9.69 Å². The molecule has 3 fully saturated rings. The molecule has 4 rings (SSSR count). The minimum absolute atomic E-state index is 0.202. The van der Waals surface area contributed by atoms with Crippen molar-refractivity contribution in [3.63, 3.8) is 0 Å².